The maximum atomic E-state index is 9.96. The van der Waals surface area contributed by atoms with E-state index in [2.05, 4.69) is 15.3 Å². The summed E-state index contributed by atoms with van der Waals surface area (Å²) in [6.07, 6.45) is 7.53. The summed E-state index contributed by atoms with van der Waals surface area (Å²) < 4.78 is 0. The Morgan fingerprint density at radius 1 is 1.15 bits per heavy atom. The number of aliphatic imine (C=N–C) groups is 1. The largest absolute Gasteiger partial charge is 0.506 e. The fourth-order valence-electron chi connectivity index (χ4n) is 2.43. The zero-order valence-electron chi connectivity index (χ0n) is 14.0. The highest BCUT2D eigenvalue weighted by atomic mass is 32.2. The summed E-state index contributed by atoms with van der Waals surface area (Å²) in [6, 6.07) is 16.8. The number of nitrogens with zero attached hydrogens (tertiary/aromatic N) is 3. The number of hydrogen-bond donors (Lipinski definition) is 2. The molecule has 0 amide bonds. The smallest absolute Gasteiger partial charge is 0.183 e. The number of phenolic OH excluding ortho intramolecular Hbond substituents is 1. The van der Waals surface area contributed by atoms with Crippen LogP contribution in [0, 0.1) is 11.5 Å². The van der Waals surface area contributed by atoms with Gasteiger partial charge < -0.3 is 5.11 Å². The van der Waals surface area contributed by atoms with Crippen molar-refractivity contribution in [2.45, 2.75) is 0 Å². The van der Waals surface area contributed by atoms with Gasteiger partial charge in [-0.3, -0.25) is 5.32 Å². The highest BCUT2D eigenvalue weighted by Crippen LogP contribution is 2.25. The minimum Gasteiger partial charge on any atom is -0.506 e. The molecule has 0 aliphatic heterocycles. The van der Waals surface area contributed by atoms with E-state index in [0.29, 0.717) is 10.7 Å². The first kappa shape index (κ1) is 17.5. The normalized spacial score (nSPS) is 11.6. The molecule has 5 nitrogen and oxygen atoms in total. The minimum absolute atomic E-state index is 0.162. The molecule has 0 saturated heterocycles. The molecule has 0 aliphatic rings. The molecule has 2 N–H and O–H groups in total. The van der Waals surface area contributed by atoms with Crippen LogP contribution in [0.5, 0.6) is 5.75 Å². The topological polar surface area (TPSA) is 81.3 Å². The van der Waals surface area contributed by atoms with E-state index in [1.54, 1.807) is 12.1 Å². The van der Waals surface area contributed by atoms with Crippen molar-refractivity contribution >= 4 is 45.7 Å². The van der Waals surface area contributed by atoms with Crippen LogP contribution < -0.4 is 5.32 Å². The molecule has 0 spiro atoms. The Kier molecular flexibility index (Phi) is 5.52. The van der Waals surface area contributed by atoms with Crippen LogP contribution in [0.3, 0.4) is 0 Å². The van der Waals surface area contributed by atoms with E-state index in [9.17, 15) is 5.11 Å². The number of phenols is 1. The summed E-state index contributed by atoms with van der Waals surface area (Å²) in [6.45, 7) is 0. The van der Waals surface area contributed by atoms with E-state index in [0.717, 1.165) is 22.3 Å². The lowest BCUT2D eigenvalue weighted by Gasteiger charge is -2.04. The minimum atomic E-state index is 0.162. The summed E-state index contributed by atoms with van der Waals surface area (Å²) >= 11 is 1.37. The molecule has 128 valence electrons. The summed E-state index contributed by atoms with van der Waals surface area (Å²) in [5.41, 5.74) is 2.96. The predicted octanol–water partition coefficient (Wildman–Crippen LogP) is 4.53. The molecule has 3 rings (SSSR count). The molecular formula is C20H16N4OS. The van der Waals surface area contributed by atoms with E-state index in [1.807, 2.05) is 67.1 Å². The number of benzene rings is 2. The quantitative estimate of drug-likeness (QED) is 0.310. The number of hydrogen-bond acceptors (Lipinski definition) is 5. The number of nitriles is 1. The number of thioether (sulfide) groups is 1. The van der Waals surface area contributed by atoms with Gasteiger partial charge in [-0.05, 0) is 30.5 Å². The monoisotopic (exact) mass is 360 g/mol. The SMILES string of the molecule is CSC(=Nc1ccccc1C=Cc1ccc2cccc(O)c2n1)NC#N. The number of aromatic nitrogens is 1. The van der Waals surface area contributed by atoms with Crippen LogP contribution >= 0.6 is 11.8 Å². The average molecular weight is 360 g/mol. The van der Waals surface area contributed by atoms with Gasteiger partial charge in [0.15, 0.2) is 11.4 Å². The number of fused-ring (bicyclic) bond motifs is 1. The number of pyridine rings is 1. The second-order valence-corrected chi connectivity index (χ2v) is 6.13. The molecule has 1 heterocycles. The maximum Gasteiger partial charge on any atom is 0.183 e. The van der Waals surface area contributed by atoms with E-state index >= 15 is 0 Å². The molecule has 3 aromatic rings. The van der Waals surface area contributed by atoms with Crippen LogP contribution in [0.4, 0.5) is 5.69 Å². The standard InChI is InChI=1S/C20H16N4OS/c1-26-20(22-13-21)24-17-7-3-2-5-14(17)9-11-16-12-10-15-6-4-8-18(25)19(15)23-16/h2-12,25H,1H3,(H,22,24). The highest BCUT2D eigenvalue weighted by Gasteiger charge is 2.03. The van der Waals surface area contributed by atoms with Gasteiger partial charge in [0.05, 0.1) is 11.4 Å². The van der Waals surface area contributed by atoms with Crippen molar-refractivity contribution in [3.05, 3.63) is 65.9 Å². The molecule has 0 aliphatic carbocycles. The second kappa shape index (κ2) is 8.19. The van der Waals surface area contributed by atoms with Gasteiger partial charge in [0.2, 0.25) is 0 Å². The lowest BCUT2D eigenvalue weighted by Crippen LogP contribution is -2.12. The van der Waals surface area contributed by atoms with Crippen LogP contribution in [0.15, 0.2) is 59.6 Å². The zero-order chi connectivity index (χ0) is 18.4. The maximum absolute atomic E-state index is 9.96. The molecule has 1 aromatic heterocycles. The van der Waals surface area contributed by atoms with Crippen LogP contribution in [-0.2, 0) is 0 Å². The summed E-state index contributed by atoms with van der Waals surface area (Å²) in [5, 5.41) is 22.7. The van der Waals surface area contributed by atoms with Crippen molar-refractivity contribution in [2.75, 3.05) is 6.26 Å². The van der Waals surface area contributed by atoms with Crippen molar-refractivity contribution in [1.29, 1.82) is 5.26 Å². The molecule has 0 saturated carbocycles. The number of rotatable bonds is 3. The van der Waals surface area contributed by atoms with Gasteiger partial charge in [0.25, 0.3) is 0 Å². The molecule has 2 aromatic carbocycles. The van der Waals surface area contributed by atoms with E-state index in [-0.39, 0.29) is 5.75 Å². The van der Waals surface area contributed by atoms with Crippen LogP contribution in [0.25, 0.3) is 23.1 Å². The molecule has 26 heavy (non-hydrogen) atoms. The van der Waals surface area contributed by atoms with E-state index in [1.165, 1.54) is 11.8 Å². The number of aromatic hydroxyl groups is 1. The zero-order valence-corrected chi connectivity index (χ0v) is 14.9. The van der Waals surface area contributed by atoms with Gasteiger partial charge in [-0.2, -0.15) is 5.26 Å². The van der Waals surface area contributed by atoms with E-state index in [4.69, 9.17) is 5.26 Å². The van der Waals surface area contributed by atoms with Crippen molar-refractivity contribution in [3.8, 4) is 11.9 Å². The Morgan fingerprint density at radius 2 is 2.00 bits per heavy atom. The molecule has 0 radical (unpaired) electrons. The average Bonchev–Trinajstić information content (AvgIpc) is 2.67. The second-order valence-electron chi connectivity index (χ2n) is 5.34. The fraction of sp³-hybridized carbons (Fsp3) is 0.0500. The molecule has 0 fully saturated rings. The summed E-state index contributed by atoms with van der Waals surface area (Å²) in [4.78, 5) is 8.97. The van der Waals surface area contributed by atoms with Crippen molar-refractivity contribution < 1.29 is 5.11 Å². The molecule has 0 atom stereocenters. The fourth-order valence-corrected chi connectivity index (χ4v) is 2.76. The third-order valence-corrected chi connectivity index (χ3v) is 4.25. The van der Waals surface area contributed by atoms with Gasteiger partial charge in [-0.1, -0.05) is 54.2 Å². The Labute approximate surface area is 155 Å². The Bertz CT molecular complexity index is 1040. The lowest BCUT2D eigenvalue weighted by atomic mass is 10.1. The lowest BCUT2D eigenvalue weighted by molar-refractivity contribution is 0.480. The summed E-state index contributed by atoms with van der Waals surface area (Å²) in [5.74, 6) is 0.162. The number of nitrogens with one attached hydrogen (secondary N) is 1. The van der Waals surface area contributed by atoms with Crippen LogP contribution in [0.1, 0.15) is 11.3 Å². The summed E-state index contributed by atoms with van der Waals surface area (Å²) in [7, 11) is 0. The van der Waals surface area contributed by atoms with Gasteiger partial charge in [0, 0.05) is 10.9 Å². The molecule has 0 unspecified atom stereocenters. The third-order valence-electron chi connectivity index (χ3n) is 3.67. The first-order valence-electron chi connectivity index (χ1n) is 7.85. The number of amidine groups is 1. The Balaban J connectivity index is 1.94. The van der Waals surface area contributed by atoms with Gasteiger partial charge in [0.1, 0.15) is 11.3 Å². The van der Waals surface area contributed by atoms with Crippen molar-refractivity contribution in [2.24, 2.45) is 4.99 Å². The highest BCUT2D eigenvalue weighted by molar-refractivity contribution is 8.13. The van der Waals surface area contributed by atoms with E-state index < -0.39 is 0 Å². The van der Waals surface area contributed by atoms with Gasteiger partial charge in [-0.25, -0.2) is 9.98 Å². The first-order valence-corrected chi connectivity index (χ1v) is 9.07. The van der Waals surface area contributed by atoms with Crippen molar-refractivity contribution in [3.63, 3.8) is 0 Å². The van der Waals surface area contributed by atoms with Gasteiger partial charge >= 0.3 is 0 Å². The Morgan fingerprint density at radius 3 is 2.81 bits per heavy atom. The van der Waals surface area contributed by atoms with Gasteiger partial charge in [-0.15, -0.1) is 0 Å². The van der Waals surface area contributed by atoms with Crippen LogP contribution in [0.2, 0.25) is 0 Å². The molecule has 0 bridgehead atoms. The van der Waals surface area contributed by atoms with Crippen molar-refractivity contribution in [1.82, 2.24) is 10.3 Å². The molecule has 6 heteroatoms. The predicted molar refractivity (Wildman–Crippen MR) is 108 cm³/mol. The Hall–Kier alpha value is -3.30. The third kappa shape index (κ3) is 4.02. The molecular weight excluding hydrogens is 344 g/mol. The van der Waals surface area contributed by atoms with Crippen LogP contribution in [-0.4, -0.2) is 21.5 Å². The first-order chi connectivity index (χ1) is 12.7. The number of para-hydroxylation sites is 2.